The Morgan fingerprint density at radius 1 is 1.02 bits per heavy atom. The minimum atomic E-state index is -1.39. The second-order valence-electron chi connectivity index (χ2n) is 14.7. The van der Waals surface area contributed by atoms with Gasteiger partial charge in [-0.05, 0) is 79.8 Å². The standard InChI is InChI=1S/C45H55FN2O8/c1-4-25-54-45-41(48(3)44(51)52-5-2)28-39(47-55-29-31-15-7-6-8-16-31)36-26-32(17-11-13-23-49)35(19-12-14-24-50)42(43(36)45)37-27-34(21-22-40(37)56-45)53-30-33-18-9-10-20-38(33)46/h4,6-10,15-16,18,20-22,26-27,32,35,41-43,49-50H,1,5,11-14,17,19,23-25,28-30H2,2-3H3/t32-,35+,41-,42+,43+,45+/m0/s1. The van der Waals surface area contributed by atoms with Crippen LogP contribution in [0.5, 0.6) is 11.5 Å². The molecule has 56 heavy (non-hydrogen) atoms. The molecule has 0 spiro atoms. The fourth-order valence-corrected chi connectivity index (χ4v) is 8.71. The third kappa shape index (κ3) is 8.96. The maximum Gasteiger partial charge on any atom is 0.409 e. The number of unbranched alkanes of at least 4 members (excludes halogenated alkanes) is 2. The molecule has 2 N–H and O–H groups in total. The molecular weight excluding hydrogens is 715 g/mol. The van der Waals surface area contributed by atoms with Crippen molar-refractivity contribution in [3.63, 3.8) is 0 Å². The number of rotatable bonds is 19. The summed E-state index contributed by atoms with van der Waals surface area (Å²) in [5.41, 5.74) is 3.94. The molecule has 1 aliphatic heterocycles. The van der Waals surface area contributed by atoms with Crippen molar-refractivity contribution < 1.29 is 43.2 Å². The highest BCUT2D eigenvalue weighted by Crippen LogP contribution is 2.61. The van der Waals surface area contributed by atoms with E-state index in [0.29, 0.717) is 35.6 Å². The first-order chi connectivity index (χ1) is 27.3. The van der Waals surface area contributed by atoms with Crippen LogP contribution in [0.2, 0.25) is 0 Å². The lowest BCUT2D eigenvalue weighted by atomic mass is 9.55. The van der Waals surface area contributed by atoms with E-state index in [0.717, 1.165) is 42.4 Å². The molecule has 2 aliphatic carbocycles. The minimum absolute atomic E-state index is 0.0447. The van der Waals surface area contributed by atoms with Gasteiger partial charge in [-0.15, -0.1) is 6.58 Å². The number of hydrogen-bond acceptors (Lipinski definition) is 9. The fraction of sp³-hybridized carbons (Fsp3) is 0.467. The van der Waals surface area contributed by atoms with E-state index in [4.69, 9.17) is 28.9 Å². The summed E-state index contributed by atoms with van der Waals surface area (Å²) in [7, 11) is 1.70. The number of hydrogen-bond donors (Lipinski definition) is 2. The van der Waals surface area contributed by atoms with Gasteiger partial charge in [0.15, 0.2) is 0 Å². The summed E-state index contributed by atoms with van der Waals surface area (Å²) in [5.74, 6) is -1.15. The van der Waals surface area contributed by atoms with E-state index in [2.05, 4.69) is 12.7 Å². The number of nitrogens with zero attached hydrogens (tertiary/aromatic N) is 2. The average Bonchev–Trinajstić information content (AvgIpc) is 3.21. The molecule has 1 fully saturated rings. The van der Waals surface area contributed by atoms with Crippen LogP contribution in [0.25, 0.3) is 0 Å². The van der Waals surface area contributed by atoms with Gasteiger partial charge in [0.25, 0.3) is 0 Å². The normalized spacial score (nSPS) is 24.3. The highest BCUT2D eigenvalue weighted by molar-refractivity contribution is 6.02. The van der Waals surface area contributed by atoms with Crippen LogP contribution < -0.4 is 9.47 Å². The summed E-state index contributed by atoms with van der Waals surface area (Å²) in [4.78, 5) is 21.3. The molecule has 6 atom stereocenters. The lowest BCUT2D eigenvalue weighted by molar-refractivity contribution is -0.253. The topological polar surface area (TPSA) is 119 Å². The van der Waals surface area contributed by atoms with Crippen LogP contribution >= 0.6 is 0 Å². The van der Waals surface area contributed by atoms with Gasteiger partial charge < -0.3 is 38.9 Å². The van der Waals surface area contributed by atoms with Gasteiger partial charge in [0.05, 0.1) is 24.8 Å². The predicted molar refractivity (Wildman–Crippen MR) is 212 cm³/mol. The molecule has 1 amide bonds. The van der Waals surface area contributed by atoms with E-state index in [1.807, 2.05) is 48.5 Å². The van der Waals surface area contributed by atoms with Crippen molar-refractivity contribution in [1.82, 2.24) is 4.90 Å². The third-order valence-corrected chi connectivity index (χ3v) is 11.3. The second-order valence-corrected chi connectivity index (χ2v) is 14.7. The number of benzene rings is 3. The molecule has 0 unspecified atom stereocenters. The van der Waals surface area contributed by atoms with Gasteiger partial charge in [-0.1, -0.05) is 78.7 Å². The van der Waals surface area contributed by atoms with Gasteiger partial charge in [0, 0.05) is 43.7 Å². The Morgan fingerprint density at radius 3 is 2.50 bits per heavy atom. The number of oxime groups is 1. The smallest absolute Gasteiger partial charge is 0.409 e. The average molecular weight is 771 g/mol. The van der Waals surface area contributed by atoms with Crippen molar-refractivity contribution in [1.29, 1.82) is 0 Å². The summed E-state index contributed by atoms with van der Waals surface area (Å²) in [6.45, 7) is 6.56. The highest BCUT2D eigenvalue weighted by Gasteiger charge is 2.65. The first-order valence-electron chi connectivity index (χ1n) is 19.8. The predicted octanol–water partition coefficient (Wildman–Crippen LogP) is 8.33. The largest absolute Gasteiger partial charge is 0.489 e. The first kappa shape index (κ1) is 40.9. The van der Waals surface area contributed by atoms with E-state index in [9.17, 15) is 19.4 Å². The molecule has 0 radical (unpaired) electrons. The van der Waals surface area contributed by atoms with Crippen LogP contribution in [-0.4, -0.2) is 72.2 Å². The number of halogens is 1. The summed E-state index contributed by atoms with van der Waals surface area (Å²) in [6, 6.07) is 21.4. The number of carbonyl (C=O) groups is 1. The molecule has 6 rings (SSSR count). The summed E-state index contributed by atoms with van der Waals surface area (Å²) in [5, 5.41) is 24.5. The van der Waals surface area contributed by atoms with Crippen molar-refractivity contribution in [2.45, 2.75) is 82.8 Å². The fourth-order valence-electron chi connectivity index (χ4n) is 8.71. The minimum Gasteiger partial charge on any atom is -0.489 e. The van der Waals surface area contributed by atoms with Crippen molar-refractivity contribution in [3.8, 4) is 11.5 Å². The van der Waals surface area contributed by atoms with Crippen LogP contribution in [0.1, 0.15) is 74.5 Å². The second kappa shape index (κ2) is 19.4. The molecule has 1 heterocycles. The van der Waals surface area contributed by atoms with E-state index in [-0.39, 0.29) is 69.6 Å². The molecule has 3 aromatic rings. The number of aliphatic hydroxyl groups is 2. The molecular formula is C45H55FN2O8. The van der Waals surface area contributed by atoms with Crippen molar-refractivity contribution >= 4 is 11.8 Å². The maximum atomic E-state index is 14.6. The number of carbonyl (C=O) groups excluding carboxylic acids is 1. The van der Waals surface area contributed by atoms with Crippen LogP contribution in [0, 0.1) is 23.6 Å². The SMILES string of the molecule is C=CCO[C@@]12Oc3ccc(OCc4ccccc4F)cc3[C@H]3[C@H](CCCCO)[C@@H](CCCCO)C=C(C(=NOCc4ccccc4)C[C@@H]1N(C)C(=O)OCC)[C@H]32. The zero-order valence-corrected chi connectivity index (χ0v) is 32.5. The van der Waals surface area contributed by atoms with Gasteiger partial charge >= 0.3 is 6.09 Å². The van der Waals surface area contributed by atoms with E-state index < -0.39 is 23.8 Å². The summed E-state index contributed by atoms with van der Waals surface area (Å²) >= 11 is 0. The molecule has 0 saturated heterocycles. The monoisotopic (exact) mass is 770 g/mol. The molecule has 10 nitrogen and oxygen atoms in total. The van der Waals surface area contributed by atoms with Gasteiger partial charge in [0.1, 0.15) is 36.6 Å². The van der Waals surface area contributed by atoms with Crippen LogP contribution in [0.15, 0.2) is 102 Å². The summed E-state index contributed by atoms with van der Waals surface area (Å²) in [6.07, 6.45) is 8.26. The molecule has 3 aliphatic rings. The number of likely N-dealkylation sites (N-methyl/N-ethyl adjacent to an activating group) is 1. The van der Waals surface area contributed by atoms with Gasteiger partial charge in [0.2, 0.25) is 5.79 Å². The number of aliphatic hydroxyl groups excluding tert-OH is 2. The Kier molecular flexibility index (Phi) is 14.2. The van der Waals surface area contributed by atoms with Gasteiger partial charge in [-0.3, -0.25) is 0 Å². The Balaban J connectivity index is 1.53. The molecule has 0 bridgehead atoms. The molecule has 3 aromatic carbocycles. The van der Waals surface area contributed by atoms with Crippen LogP contribution in [0.4, 0.5) is 9.18 Å². The zero-order chi connectivity index (χ0) is 39.5. The molecule has 0 aromatic heterocycles. The summed E-state index contributed by atoms with van der Waals surface area (Å²) < 4.78 is 40.5. The first-order valence-corrected chi connectivity index (χ1v) is 19.8. The zero-order valence-electron chi connectivity index (χ0n) is 32.5. The van der Waals surface area contributed by atoms with E-state index in [1.54, 1.807) is 43.1 Å². The highest BCUT2D eigenvalue weighted by atomic mass is 19.1. The van der Waals surface area contributed by atoms with Crippen molar-refractivity contribution in [2.75, 3.05) is 33.5 Å². The van der Waals surface area contributed by atoms with E-state index in [1.165, 1.54) is 6.07 Å². The Bertz CT molecular complexity index is 1840. The quantitative estimate of drug-likeness (QED) is 0.0710. The number of fused-ring (bicyclic) bond motifs is 2. The molecule has 1 saturated carbocycles. The Hall–Kier alpha value is -4.71. The maximum absolute atomic E-state index is 14.6. The number of amides is 1. The van der Waals surface area contributed by atoms with Crippen LogP contribution in [0.3, 0.4) is 0 Å². The lowest BCUT2D eigenvalue weighted by Crippen LogP contribution is -2.69. The van der Waals surface area contributed by atoms with Crippen molar-refractivity contribution in [3.05, 3.63) is 120 Å². The molecule has 11 heteroatoms. The van der Waals surface area contributed by atoms with Crippen molar-refractivity contribution in [2.24, 2.45) is 22.9 Å². The van der Waals surface area contributed by atoms with Crippen LogP contribution in [-0.2, 0) is 27.5 Å². The lowest BCUT2D eigenvalue weighted by Gasteiger charge is -2.59. The molecule has 300 valence electrons. The van der Waals surface area contributed by atoms with E-state index >= 15 is 0 Å². The van der Waals surface area contributed by atoms with Gasteiger partial charge in [-0.2, -0.15) is 0 Å². The Morgan fingerprint density at radius 2 is 1.77 bits per heavy atom. The Labute approximate surface area is 329 Å². The van der Waals surface area contributed by atoms with Gasteiger partial charge in [-0.25, -0.2) is 9.18 Å². The number of ether oxygens (including phenoxy) is 4. The third-order valence-electron chi connectivity index (χ3n) is 11.3. The number of allylic oxidation sites excluding steroid dienone is 1.